The first kappa shape index (κ1) is 13.7. The molecule has 1 aliphatic rings. The van der Waals surface area contributed by atoms with Crippen LogP contribution >= 0.6 is 15.9 Å². The van der Waals surface area contributed by atoms with Crippen molar-refractivity contribution in [3.63, 3.8) is 0 Å². The van der Waals surface area contributed by atoms with Gasteiger partial charge in [-0.2, -0.15) is 0 Å². The van der Waals surface area contributed by atoms with Crippen LogP contribution in [0, 0.1) is 13.8 Å². The predicted octanol–water partition coefficient (Wildman–Crippen LogP) is 4.20. The average Bonchev–Trinajstić information content (AvgIpc) is 3.01. The second kappa shape index (κ2) is 5.24. The molecule has 20 heavy (non-hydrogen) atoms. The van der Waals surface area contributed by atoms with E-state index in [0.717, 1.165) is 16.9 Å². The van der Waals surface area contributed by atoms with Gasteiger partial charge in [-0.15, -0.1) is 0 Å². The Bertz CT molecular complexity index is 693. The molecule has 1 fully saturated rings. The molecule has 4 heteroatoms. The molecule has 0 amide bonds. The number of benzene rings is 1. The second-order valence-electron chi connectivity index (χ2n) is 5.75. The number of aryl methyl sites for hydroxylation is 2. The Kier molecular flexibility index (Phi) is 3.59. The Morgan fingerprint density at radius 1 is 1.25 bits per heavy atom. The highest BCUT2D eigenvalue weighted by Gasteiger charge is 2.24. The Labute approximate surface area is 127 Å². The molecule has 1 aromatic heterocycles. The van der Waals surface area contributed by atoms with Gasteiger partial charge in [0.15, 0.2) is 0 Å². The van der Waals surface area contributed by atoms with Crippen LogP contribution in [0.15, 0.2) is 27.5 Å². The zero-order valence-corrected chi connectivity index (χ0v) is 13.5. The van der Waals surface area contributed by atoms with E-state index in [1.165, 1.54) is 31.2 Å². The molecule has 0 aliphatic heterocycles. The van der Waals surface area contributed by atoms with Gasteiger partial charge in [-0.25, -0.2) is 4.68 Å². The van der Waals surface area contributed by atoms with E-state index < -0.39 is 0 Å². The van der Waals surface area contributed by atoms with E-state index in [-0.39, 0.29) is 5.56 Å². The van der Waals surface area contributed by atoms with E-state index >= 15 is 0 Å². The van der Waals surface area contributed by atoms with Crippen molar-refractivity contribution in [1.29, 1.82) is 0 Å². The van der Waals surface area contributed by atoms with Crippen molar-refractivity contribution in [3.8, 4) is 5.69 Å². The van der Waals surface area contributed by atoms with Gasteiger partial charge in [0.1, 0.15) is 4.47 Å². The van der Waals surface area contributed by atoms with Crippen molar-refractivity contribution in [2.45, 2.75) is 45.4 Å². The van der Waals surface area contributed by atoms with Crippen LogP contribution in [-0.4, -0.2) is 9.78 Å². The number of nitrogens with one attached hydrogen (secondary N) is 1. The Balaban J connectivity index is 2.10. The van der Waals surface area contributed by atoms with E-state index in [1.54, 1.807) is 4.68 Å². The molecule has 1 aliphatic carbocycles. The van der Waals surface area contributed by atoms with Crippen LogP contribution in [0.1, 0.15) is 48.4 Å². The largest absolute Gasteiger partial charge is 0.294 e. The van der Waals surface area contributed by atoms with Crippen molar-refractivity contribution in [2.75, 3.05) is 0 Å². The van der Waals surface area contributed by atoms with Crippen LogP contribution in [0.25, 0.3) is 5.69 Å². The third kappa shape index (κ3) is 2.26. The lowest BCUT2D eigenvalue weighted by atomic mass is 10.1. The van der Waals surface area contributed by atoms with Gasteiger partial charge in [0, 0.05) is 5.92 Å². The number of aromatic amines is 1. The maximum Gasteiger partial charge on any atom is 0.285 e. The number of nitrogens with zero attached hydrogens (tertiary/aromatic N) is 1. The molecule has 1 saturated carbocycles. The first-order chi connectivity index (χ1) is 9.58. The van der Waals surface area contributed by atoms with Crippen LogP contribution in [0.5, 0.6) is 0 Å². The highest BCUT2D eigenvalue weighted by molar-refractivity contribution is 9.10. The smallest absolute Gasteiger partial charge is 0.285 e. The van der Waals surface area contributed by atoms with Gasteiger partial charge >= 0.3 is 0 Å². The number of H-pyrrole nitrogens is 1. The van der Waals surface area contributed by atoms with E-state index in [0.29, 0.717) is 10.4 Å². The fraction of sp³-hybridized carbons (Fsp3) is 0.438. The minimum atomic E-state index is 0.0128. The van der Waals surface area contributed by atoms with Gasteiger partial charge in [-0.1, -0.05) is 30.5 Å². The lowest BCUT2D eigenvalue weighted by Crippen LogP contribution is -2.15. The summed E-state index contributed by atoms with van der Waals surface area (Å²) in [6.07, 6.45) is 4.86. The third-order valence-electron chi connectivity index (χ3n) is 4.22. The fourth-order valence-corrected chi connectivity index (χ4v) is 3.73. The molecule has 0 radical (unpaired) electrons. The topological polar surface area (TPSA) is 37.8 Å². The molecule has 0 atom stereocenters. The Hall–Kier alpha value is -1.29. The molecular weight excluding hydrogens is 316 g/mol. The zero-order valence-electron chi connectivity index (χ0n) is 11.9. The molecule has 3 rings (SSSR count). The summed E-state index contributed by atoms with van der Waals surface area (Å²) in [5.74, 6) is 0.490. The van der Waals surface area contributed by atoms with Crippen molar-refractivity contribution in [2.24, 2.45) is 0 Å². The summed E-state index contributed by atoms with van der Waals surface area (Å²) in [6.45, 7) is 4.10. The number of aromatic nitrogens is 2. The van der Waals surface area contributed by atoms with E-state index in [2.05, 4.69) is 34.0 Å². The van der Waals surface area contributed by atoms with Crippen molar-refractivity contribution < 1.29 is 0 Å². The average molecular weight is 335 g/mol. The lowest BCUT2D eigenvalue weighted by Gasteiger charge is -2.09. The van der Waals surface area contributed by atoms with Crippen LogP contribution in [0.4, 0.5) is 0 Å². The number of hydrogen-bond acceptors (Lipinski definition) is 1. The molecule has 0 unspecified atom stereocenters. The summed E-state index contributed by atoms with van der Waals surface area (Å²) in [7, 11) is 0. The van der Waals surface area contributed by atoms with Gasteiger partial charge in [0.2, 0.25) is 0 Å². The summed E-state index contributed by atoms with van der Waals surface area (Å²) < 4.78 is 2.37. The summed E-state index contributed by atoms with van der Waals surface area (Å²) in [6, 6.07) is 6.15. The van der Waals surface area contributed by atoms with Crippen molar-refractivity contribution >= 4 is 15.9 Å². The third-order valence-corrected chi connectivity index (χ3v) is 4.98. The second-order valence-corrected chi connectivity index (χ2v) is 6.54. The molecule has 106 valence electrons. The standard InChI is InChI=1S/C16H19BrN2O/c1-10-7-8-13(11(2)9-10)19-16(20)14(17)15(18-19)12-5-3-4-6-12/h7-9,12,18H,3-6H2,1-2H3. The maximum absolute atomic E-state index is 12.5. The molecular formula is C16H19BrN2O. The van der Waals surface area contributed by atoms with Crippen LogP contribution in [0.3, 0.4) is 0 Å². The van der Waals surface area contributed by atoms with Gasteiger partial charge in [0.05, 0.1) is 11.4 Å². The number of hydrogen-bond donors (Lipinski definition) is 1. The first-order valence-electron chi connectivity index (χ1n) is 7.16. The van der Waals surface area contributed by atoms with E-state index in [9.17, 15) is 4.79 Å². The highest BCUT2D eigenvalue weighted by Crippen LogP contribution is 2.35. The summed E-state index contributed by atoms with van der Waals surface area (Å²) in [5.41, 5.74) is 4.33. The first-order valence-corrected chi connectivity index (χ1v) is 7.95. The summed E-state index contributed by atoms with van der Waals surface area (Å²) in [5, 5.41) is 3.33. The molecule has 2 aromatic rings. The van der Waals surface area contributed by atoms with Gasteiger partial charge < -0.3 is 0 Å². The van der Waals surface area contributed by atoms with Gasteiger partial charge in [-0.05, 0) is 54.2 Å². The number of halogens is 1. The normalized spacial score (nSPS) is 15.9. The minimum Gasteiger partial charge on any atom is -0.294 e. The molecule has 0 spiro atoms. The fourth-order valence-electron chi connectivity index (χ4n) is 3.14. The molecule has 1 N–H and O–H groups in total. The molecule has 0 saturated heterocycles. The maximum atomic E-state index is 12.5. The summed E-state index contributed by atoms with van der Waals surface area (Å²) >= 11 is 3.48. The quantitative estimate of drug-likeness (QED) is 0.877. The SMILES string of the molecule is Cc1ccc(-n2[nH]c(C3CCCC3)c(Br)c2=O)c(C)c1. The summed E-state index contributed by atoms with van der Waals surface area (Å²) in [4.78, 5) is 12.5. The van der Waals surface area contributed by atoms with Gasteiger partial charge in [-0.3, -0.25) is 9.89 Å². The van der Waals surface area contributed by atoms with Crippen LogP contribution in [0.2, 0.25) is 0 Å². The van der Waals surface area contributed by atoms with Crippen LogP contribution < -0.4 is 5.56 Å². The van der Waals surface area contributed by atoms with Crippen LogP contribution in [-0.2, 0) is 0 Å². The molecule has 1 heterocycles. The van der Waals surface area contributed by atoms with Gasteiger partial charge in [0.25, 0.3) is 5.56 Å². The monoisotopic (exact) mass is 334 g/mol. The molecule has 0 bridgehead atoms. The highest BCUT2D eigenvalue weighted by atomic mass is 79.9. The zero-order chi connectivity index (χ0) is 14.3. The molecule has 3 nitrogen and oxygen atoms in total. The number of rotatable bonds is 2. The minimum absolute atomic E-state index is 0.0128. The lowest BCUT2D eigenvalue weighted by molar-refractivity contribution is 0.674. The van der Waals surface area contributed by atoms with E-state index in [4.69, 9.17) is 0 Å². The van der Waals surface area contributed by atoms with Crippen molar-refractivity contribution in [3.05, 3.63) is 49.8 Å². The van der Waals surface area contributed by atoms with E-state index in [1.807, 2.05) is 19.1 Å². The Morgan fingerprint density at radius 3 is 2.60 bits per heavy atom. The Morgan fingerprint density at radius 2 is 1.95 bits per heavy atom. The molecule has 1 aromatic carbocycles. The van der Waals surface area contributed by atoms with Crippen molar-refractivity contribution in [1.82, 2.24) is 9.78 Å². The predicted molar refractivity (Wildman–Crippen MR) is 84.8 cm³/mol.